The van der Waals surface area contributed by atoms with E-state index in [9.17, 15) is 0 Å². The van der Waals surface area contributed by atoms with Crippen molar-refractivity contribution in [2.45, 2.75) is 58.3 Å². The first-order valence-electron chi connectivity index (χ1n) is 7.49. The lowest BCUT2D eigenvalue weighted by atomic mass is 9.72. The fraction of sp³-hybridized carbons (Fsp3) is 1.00. The zero-order valence-electron chi connectivity index (χ0n) is 11.2. The molecule has 1 heteroatoms. The highest BCUT2D eigenvalue weighted by molar-refractivity contribution is 4.86. The van der Waals surface area contributed by atoms with E-state index in [0.29, 0.717) is 0 Å². The Labute approximate surface area is 101 Å². The summed E-state index contributed by atoms with van der Waals surface area (Å²) in [6, 6.07) is 0. The lowest BCUT2D eigenvalue weighted by Crippen LogP contribution is -2.29. The number of hydrogen-bond acceptors (Lipinski definition) is 1. The van der Waals surface area contributed by atoms with Crippen LogP contribution in [0.2, 0.25) is 0 Å². The van der Waals surface area contributed by atoms with Crippen LogP contribution in [0.1, 0.15) is 58.3 Å². The van der Waals surface area contributed by atoms with Gasteiger partial charge in [0.05, 0.1) is 0 Å². The molecule has 2 aliphatic carbocycles. The van der Waals surface area contributed by atoms with E-state index >= 15 is 0 Å². The Morgan fingerprint density at radius 2 is 1.75 bits per heavy atom. The maximum Gasteiger partial charge on any atom is -0.00208 e. The Bertz CT molecular complexity index is 194. The average Bonchev–Trinajstić information content (AvgIpc) is 2.78. The minimum absolute atomic E-state index is 0.994. The quantitative estimate of drug-likeness (QED) is 0.763. The largest absolute Gasteiger partial charge is 0.319 e. The highest BCUT2D eigenvalue weighted by Gasteiger charge is 2.34. The normalized spacial score (nSPS) is 40.1. The van der Waals surface area contributed by atoms with E-state index in [-0.39, 0.29) is 0 Å². The third-order valence-electron chi connectivity index (χ3n) is 5.26. The van der Waals surface area contributed by atoms with E-state index in [1.165, 1.54) is 57.9 Å². The second-order valence-electron chi connectivity index (χ2n) is 6.10. The van der Waals surface area contributed by atoms with E-state index in [1.54, 1.807) is 0 Å². The van der Waals surface area contributed by atoms with Gasteiger partial charge in [-0.1, -0.05) is 32.6 Å². The van der Waals surface area contributed by atoms with E-state index < -0.39 is 0 Å². The van der Waals surface area contributed by atoms with Crippen LogP contribution >= 0.6 is 0 Å². The summed E-state index contributed by atoms with van der Waals surface area (Å²) >= 11 is 0. The fourth-order valence-corrected chi connectivity index (χ4v) is 4.23. The predicted molar refractivity (Wildman–Crippen MR) is 70.5 cm³/mol. The molecular formula is C15H29N. The molecule has 2 aliphatic rings. The number of nitrogens with one attached hydrogen (secondary N) is 1. The first-order chi connectivity index (χ1) is 7.85. The van der Waals surface area contributed by atoms with Crippen molar-refractivity contribution in [2.24, 2.45) is 23.7 Å². The van der Waals surface area contributed by atoms with Gasteiger partial charge in [-0.25, -0.2) is 0 Å². The van der Waals surface area contributed by atoms with Crippen molar-refractivity contribution >= 4 is 0 Å². The summed E-state index contributed by atoms with van der Waals surface area (Å²) in [5.41, 5.74) is 0. The highest BCUT2D eigenvalue weighted by atomic mass is 14.8. The van der Waals surface area contributed by atoms with Gasteiger partial charge >= 0.3 is 0 Å². The SMILES string of the molecule is CCC1CCC(C2CCCC2CNC)CC1. The molecule has 94 valence electrons. The summed E-state index contributed by atoms with van der Waals surface area (Å²) in [7, 11) is 2.11. The lowest BCUT2D eigenvalue weighted by molar-refractivity contribution is 0.168. The molecule has 0 aromatic carbocycles. The van der Waals surface area contributed by atoms with Crippen LogP contribution in [0.4, 0.5) is 0 Å². The molecule has 2 atom stereocenters. The van der Waals surface area contributed by atoms with Gasteiger partial charge in [0.2, 0.25) is 0 Å². The smallest absolute Gasteiger partial charge is 0.00208 e. The van der Waals surface area contributed by atoms with E-state index in [2.05, 4.69) is 19.3 Å². The van der Waals surface area contributed by atoms with Crippen molar-refractivity contribution in [1.29, 1.82) is 0 Å². The molecule has 0 bridgehead atoms. The van der Waals surface area contributed by atoms with Crippen LogP contribution in [-0.4, -0.2) is 13.6 Å². The standard InChI is InChI=1S/C15H29N/c1-3-12-7-9-13(10-8-12)15-6-4-5-14(15)11-16-2/h12-16H,3-11H2,1-2H3. The lowest BCUT2D eigenvalue weighted by Gasteiger charge is -2.34. The second-order valence-corrected chi connectivity index (χ2v) is 6.10. The van der Waals surface area contributed by atoms with E-state index in [0.717, 1.165) is 23.7 Å². The van der Waals surface area contributed by atoms with Crippen molar-refractivity contribution in [2.75, 3.05) is 13.6 Å². The fourth-order valence-electron chi connectivity index (χ4n) is 4.23. The van der Waals surface area contributed by atoms with Crippen molar-refractivity contribution in [3.63, 3.8) is 0 Å². The Hall–Kier alpha value is -0.0400. The molecule has 0 heterocycles. The van der Waals surface area contributed by atoms with Gasteiger partial charge in [-0.05, 0) is 62.9 Å². The molecule has 2 rings (SSSR count). The summed E-state index contributed by atoms with van der Waals surface area (Å²) in [5, 5.41) is 3.40. The number of hydrogen-bond donors (Lipinski definition) is 1. The van der Waals surface area contributed by atoms with Crippen LogP contribution < -0.4 is 5.32 Å². The van der Waals surface area contributed by atoms with Gasteiger partial charge in [-0.2, -0.15) is 0 Å². The topological polar surface area (TPSA) is 12.0 Å². The molecule has 0 aliphatic heterocycles. The zero-order valence-corrected chi connectivity index (χ0v) is 11.2. The van der Waals surface area contributed by atoms with Crippen LogP contribution in [0.3, 0.4) is 0 Å². The van der Waals surface area contributed by atoms with Crippen LogP contribution in [-0.2, 0) is 0 Å². The summed E-state index contributed by atoms with van der Waals surface area (Å²) in [6.07, 6.45) is 12.0. The Kier molecular flexibility index (Phi) is 4.69. The Balaban J connectivity index is 1.83. The molecular weight excluding hydrogens is 194 g/mol. The van der Waals surface area contributed by atoms with Crippen molar-refractivity contribution in [1.82, 2.24) is 5.32 Å². The summed E-state index contributed by atoms with van der Waals surface area (Å²) in [6.45, 7) is 3.63. The zero-order chi connectivity index (χ0) is 11.4. The van der Waals surface area contributed by atoms with Gasteiger partial charge in [0.15, 0.2) is 0 Å². The molecule has 2 unspecified atom stereocenters. The highest BCUT2D eigenvalue weighted by Crippen LogP contribution is 2.44. The van der Waals surface area contributed by atoms with Crippen LogP contribution in [0.15, 0.2) is 0 Å². The van der Waals surface area contributed by atoms with Gasteiger partial charge < -0.3 is 5.32 Å². The van der Waals surface area contributed by atoms with Crippen molar-refractivity contribution in [3.8, 4) is 0 Å². The van der Waals surface area contributed by atoms with Gasteiger partial charge in [0.25, 0.3) is 0 Å². The molecule has 0 saturated heterocycles. The minimum Gasteiger partial charge on any atom is -0.319 e. The molecule has 0 radical (unpaired) electrons. The summed E-state index contributed by atoms with van der Waals surface area (Å²) in [5.74, 6) is 4.18. The average molecular weight is 223 g/mol. The van der Waals surface area contributed by atoms with Gasteiger partial charge in [-0.3, -0.25) is 0 Å². The molecule has 0 spiro atoms. The second kappa shape index (κ2) is 6.05. The first-order valence-corrected chi connectivity index (χ1v) is 7.49. The first kappa shape index (κ1) is 12.4. The molecule has 0 aromatic rings. The van der Waals surface area contributed by atoms with Gasteiger partial charge in [0.1, 0.15) is 0 Å². The number of rotatable bonds is 4. The summed E-state index contributed by atoms with van der Waals surface area (Å²) in [4.78, 5) is 0. The van der Waals surface area contributed by atoms with E-state index in [1.807, 2.05) is 0 Å². The Morgan fingerprint density at radius 1 is 1.00 bits per heavy atom. The predicted octanol–water partition coefficient (Wildman–Crippen LogP) is 3.84. The molecule has 0 aromatic heterocycles. The maximum atomic E-state index is 3.40. The minimum atomic E-state index is 0.994. The van der Waals surface area contributed by atoms with Crippen LogP contribution in [0.25, 0.3) is 0 Å². The van der Waals surface area contributed by atoms with Crippen molar-refractivity contribution < 1.29 is 0 Å². The molecule has 1 nitrogen and oxygen atoms in total. The van der Waals surface area contributed by atoms with Crippen molar-refractivity contribution in [3.05, 3.63) is 0 Å². The van der Waals surface area contributed by atoms with E-state index in [4.69, 9.17) is 0 Å². The summed E-state index contributed by atoms with van der Waals surface area (Å²) < 4.78 is 0. The third kappa shape index (κ3) is 2.80. The maximum absolute atomic E-state index is 3.40. The van der Waals surface area contributed by atoms with Gasteiger partial charge in [0, 0.05) is 0 Å². The monoisotopic (exact) mass is 223 g/mol. The molecule has 2 saturated carbocycles. The Morgan fingerprint density at radius 3 is 2.38 bits per heavy atom. The van der Waals surface area contributed by atoms with Crippen LogP contribution in [0, 0.1) is 23.7 Å². The molecule has 2 fully saturated rings. The van der Waals surface area contributed by atoms with Crippen LogP contribution in [0.5, 0.6) is 0 Å². The third-order valence-corrected chi connectivity index (χ3v) is 5.26. The molecule has 1 N–H and O–H groups in total. The van der Waals surface area contributed by atoms with Gasteiger partial charge in [-0.15, -0.1) is 0 Å². The molecule has 0 amide bonds. The molecule has 16 heavy (non-hydrogen) atoms.